The number of alkyl halides is 1. The van der Waals surface area contributed by atoms with E-state index in [4.69, 9.17) is 23.2 Å². The number of aryl methyl sites for hydroxylation is 2. The van der Waals surface area contributed by atoms with Gasteiger partial charge in [0.15, 0.2) is 0 Å². The minimum absolute atomic E-state index is 0.0671. The summed E-state index contributed by atoms with van der Waals surface area (Å²) in [6.07, 6.45) is 5.90. The van der Waals surface area contributed by atoms with E-state index in [9.17, 15) is 0 Å². The number of nitrogens with zero attached hydrogens (tertiary/aromatic N) is 3. The molecule has 5 heteroatoms. The van der Waals surface area contributed by atoms with Crippen molar-refractivity contribution in [2.24, 2.45) is 5.92 Å². The monoisotopic (exact) mass is 371 g/mol. The van der Waals surface area contributed by atoms with Crippen molar-refractivity contribution in [2.75, 3.05) is 0 Å². The van der Waals surface area contributed by atoms with Gasteiger partial charge in [0.1, 0.15) is 5.15 Å². The zero-order chi connectivity index (χ0) is 17.7. The van der Waals surface area contributed by atoms with Gasteiger partial charge in [-0.15, -0.1) is 11.6 Å². The summed E-state index contributed by atoms with van der Waals surface area (Å²) in [5.74, 6) is 0.181. The quantitative estimate of drug-likeness (QED) is 0.508. The van der Waals surface area contributed by atoms with Crippen LogP contribution in [0, 0.1) is 12.8 Å². The fraction of sp³-hybridized carbons (Fsp3) is 0.300. The smallest absolute Gasteiger partial charge is 0.129 e. The Balaban J connectivity index is 2.24. The summed E-state index contributed by atoms with van der Waals surface area (Å²) in [6, 6.07) is 5.95. The maximum Gasteiger partial charge on any atom is 0.129 e. The molecule has 3 heterocycles. The average molecular weight is 372 g/mol. The number of halogens is 2. The van der Waals surface area contributed by atoms with Crippen LogP contribution in [-0.4, -0.2) is 19.9 Å². The van der Waals surface area contributed by atoms with E-state index in [1.807, 2.05) is 24.5 Å². The van der Waals surface area contributed by atoms with Crippen LogP contribution >= 0.6 is 23.2 Å². The lowest BCUT2D eigenvalue weighted by Gasteiger charge is -2.23. The van der Waals surface area contributed by atoms with E-state index in [1.165, 1.54) is 27.0 Å². The molecule has 4 rings (SSSR count). The van der Waals surface area contributed by atoms with E-state index in [2.05, 4.69) is 47.4 Å². The van der Waals surface area contributed by atoms with Crippen molar-refractivity contribution >= 4 is 45.8 Å². The Bertz CT molecular complexity index is 1080. The molecule has 2 atom stereocenters. The van der Waals surface area contributed by atoms with Crippen molar-refractivity contribution in [2.45, 2.75) is 32.7 Å². The van der Waals surface area contributed by atoms with Gasteiger partial charge in [0.2, 0.25) is 0 Å². The number of rotatable bonds is 2. The van der Waals surface area contributed by atoms with Gasteiger partial charge in [0.05, 0.1) is 21.9 Å². The van der Waals surface area contributed by atoms with Gasteiger partial charge in [-0.25, -0.2) is 4.98 Å². The Labute approximate surface area is 156 Å². The highest BCUT2D eigenvalue weighted by molar-refractivity contribution is 6.29. The maximum absolute atomic E-state index is 6.72. The standard InChI is InChI=1S/C20H19Cl2N3/c1-4-25-19-12(3)23-8-7-14(19)15-9-16(21)11(2)18(20(15)25)13-5-6-17(22)24-10-13/h5-11,16H,4H2,1-3H3. The molecule has 0 saturated carbocycles. The highest BCUT2D eigenvalue weighted by Gasteiger charge is 2.26. The topological polar surface area (TPSA) is 30.7 Å². The lowest BCUT2D eigenvalue weighted by atomic mass is 9.87. The maximum atomic E-state index is 6.72. The number of aromatic nitrogens is 3. The summed E-state index contributed by atoms with van der Waals surface area (Å²) in [5, 5.41) is 4.06. The van der Waals surface area contributed by atoms with Crippen LogP contribution in [0.5, 0.6) is 0 Å². The Morgan fingerprint density at radius 2 is 2.00 bits per heavy atom. The molecule has 0 N–H and O–H groups in total. The Hall–Kier alpha value is -1.84. The van der Waals surface area contributed by atoms with Gasteiger partial charge in [0, 0.05) is 35.5 Å². The van der Waals surface area contributed by atoms with E-state index in [-0.39, 0.29) is 11.3 Å². The minimum atomic E-state index is -0.0671. The van der Waals surface area contributed by atoms with Crippen molar-refractivity contribution in [1.29, 1.82) is 0 Å². The zero-order valence-corrected chi connectivity index (χ0v) is 15.9. The first-order valence-electron chi connectivity index (χ1n) is 8.48. The normalized spacial score (nSPS) is 19.8. The average Bonchev–Trinajstić information content (AvgIpc) is 2.92. The van der Waals surface area contributed by atoms with E-state index >= 15 is 0 Å². The zero-order valence-electron chi connectivity index (χ0n) is 14.4. The molecule has 0 fully saturated rings. The molecule has 1 aliphatic rings. The van der Waals surface area contributed by atoms with Crippen LogP contribution in [0.3, 0.4) is 0 Å². The second-order valence-electron chi connectivity index (χ2n) is 6.48. The number of hydrogen-bond donors (Lipinski definition) is 0. The third-order valence-corrected chi connectivity index (χ3v) is 5.79. The van der Waals surface area contributed by atoms with Gasteiger partial charge in [-0.2, -0.15) is 0 Å². The van der Waals surface area contributed by atoms with Crippen molar-refractivity contribution in [3.63, 3.8) is 0 Å². The van der Waals surface area contributed by atoms with Gasteiger partial charge in [0.25, 0.3) is 0 Å². The molecule has 2 unspecified atom stereocenters. The van der Waals surface area contributed by atoms with Crippen LogP contribution in [0.4, 0.5) is 0 Å². The molecule has 0 saturated heterocycles. The van der Waals surface area contributed by atoms with E-state index in [1.54, 1.807) is 0 Å². The first-order chi connectivity index (χ1) is 12.0. The van der Waals surface area contributed by atoms with Crippen LogP contribution in [0.2, 0.25) is 5.15 Å². The summed E-state index contributed by atoms with van der Waals surface area (Å²) in [7, 11) is 0. The second-order valence-corrected chi connectivity index (χ2v) is 7.37. The summed E-state index contributed by atoms with van der Waals surface area (Å²) < 4.78 is 2.35. The van der Waals surface area contributed by atoms with E-state index in [0.29, 0.717) is 5.15 Å². The molecule has 25 heavy (non-hydrogen) atoms. The van der Waals surface area contributed by atoms with Crippen molar-refractivity contribution in [3.8, 4) is 0 Å². The van der Waals surface area contributed by atoms with Crippen LogP contribution in [0.15, 0.2) is 30.6 Å². The molecule has 3 aromatic heterocycles. The summed E-state index contributed by atoms with van der Waals surface area (Å²) in [5.41, 5.74) is 4.51. The summed E-state index contributed by atoms with van der Waals surface area (Å²) in [4.78, 5) is 8.78. The highest BCUT2D eigenvalue weighted by Crippen LogP contribution is 2.30. The molecule has 1 aliphatic carbocycles. The highest BCUT2D eigenvalue weighted by atomic mass is 35.5. The van der Waals surface area contributed by atoms with Gasteiger partial charge in [-0.05, 0) is 37.1 Å². The molecular weight excluding hydrogens is 353 g/mol. The molecule has 3 aromatic rings. The molecule has 0 bridgehead atoms. The molecule has 0 amide bonds. The molecule has 0 radical (unpaired) electrons. The predicted molar refractivity (Wildman–Crippen MR) is 104 cm³/mol. The van der Waals surface area contributed by atoms with Crippen molar-refractivity contribution in [3.05, 3.63) is 57.6 Å². The predicted octanol–water partition coefficient (Wildman–Crippen LogP) is 3.65. The molecule has 0 aromatic carbocycles. The van der Waals surface area contributed by atoms with Crippen LogP contribution < -0.4 is 10.6 Å². The number of fused-ring (bicyclic) bond motifs is 3. The molecular formula is C20H19Cl2N3. The molecule has 128 valence electrons. The van der Waals surface area contributed by atoms with Crippen molar-refractivity contribution < 1.29 is 0 Å². The molecule has 0 aliphatic heterocycles. The summed E-state index contributed by atoms with van der Waals surface area (Å²) >= 11 is 12.7. The fourth-order valence-corrected chi connectivity index (χ4v) is 4.25. The van der Waals surface area contributed by atoms with Crippen LogP contribution in [-0.2, 0) is 6.54 Å². The summed E-state index contributed by atoms with van der Waals surface area (Å²) in [6.45, 7) is 7.27. The first kappa shape index (κ1) is 16.6. The SMILES string of the molecule is CCn1c2c(c3ccnc(C)c31)=CC(Cl)C(C)C=2c1ccc(Cl)nc1. The third-order valence-electron chi connectivity index (χ3n) is 5.06. The van der Waals surface area contributed by atoms with E-state index < -0.39 is 0 Å². The lowest BCUT2D eigenvalue weighted by Crippen LogP contribution is -2.39. The van der Waals surface area contributed by atoms with Crippen LogP contribution in [0.25, 0.3) is 22.6 Å². The fourth-order valence-electron chi connectivity index (χ4n) is 3.89. The minimum Gasteiger partial charge on any atom is -0.339 e. The third kappa shape index (κ3) is 2.49. The van der Waals surface area contributed by atoms with Gasteiger partial charge in [-0.3, -0.25) is 4.98 Å². The van der Waals surface area contributed by atoms with Gasteiger partial charge in [-0.1, -0.05) is 30.7 Å². The van der Waals surface area contributed by atoms with Gasteiger partial charge < -0.3 is 4.57 Å². The number of hydrogen-bond acceptors (Lipinski definition) is 2. The van der Waals surface area contributed by atoms with Crippen molar-refractivity contribution in [1.82, 2.24) is 14.5 Å². The Morgan fingerprint density at radius 1 is 1.20 bits per heavy atom. The second kappa shape index (κ2) is 6.15. The van der Waals surface area contributed by atoms with E-state index in [0.717, 1.165) is 17.8 Å². The largest absolute Gasteiger partial charge is 0.339 e. The molecule has 3 nitrogen and oxygen atoms in total. The first-order valence-corrected chi connectivity index (χ1v) is 9.30. The Morgan fingerprint density at radius 3 is 2.68 bits per heavy atom. The molecule has 0 spiro atoms. The number of pyridine rings is 2. The van der Waals surface area contributed by atoms with Gasteiger partial charge >= 0.3 is 0 Å². The lowest BCUT2D eigenvalue weighted by molar-refractivity contribution is 0.724. The van der Waals surface area contributed by atoms with Crippen LogP contribution in [0.1, 0.15) is 25.1 Å². The Kier molecular flexibility index (Phi) is 4.09.